The van der Waals surface area contributed by atoms with Crippen LogP contribution in [0, 0.1) is 0 Å². The second-order valence-electron chi connectivity index (χ2n) is 7.95. The number of rotatable bonds is 8. The maximum atomic E-state index is 5.55. The molecule has 0 atom stereocenters. The topological polar surface area (TPSA) is 18.5 Å². The van der Waals surface area contributed by atoms with Crippen molar-refractivity contribution in [3.63, 3.8) is 0 Å². The quantitative estimate of drug-likeness (QED) is 0.575. The van der Waals surface area contributed by atoms with Gasteiger partial charge in [-0.05, 0) is 66.0 Å². The van der Waals surface area contributed by atoms with Gasteiger partial charge >= 0.3 is 0 Å². The van der Waals surface area contributed by atoms with E-state index in [9.17, 15) is 0 Å². The van der Waals surface area contributed by atoms with Crippen molar-refractivity contribution in [2.75, 3.05) is 13.7 Å². The van der Waals surface area contributed by atoms with Crippen LogP contribution >= 0.6 is 0 Å². The third-order valence-electron chi connectivity index (χ3n) is 5.19. The van der Waals surface area contributed by atoms with E-state index < -0.39 is 0 Å². The summed E-state index contributed by atoms with van der Waals surface area (Å²) in [5.41, 5.74) is 2.99. The third kappa shape index (κ3) is 5.01. The molecular formula is C23H32O2. The second-order valence-corrected chi connectivity index (χ2v) is 7.95. The summed E-state index contributed by atoms with van der Waals surface area (Å²) in [6.45, 7) is 12.0. The van der Waals surface area contributed by atoms with Crippen LogP contribution in [0.1, 0.15) is 58.6 Å². The van der Waals surface area contributed by atoms with E-state index in [4.69, 9.17) is 9.47 Å². The lowest BCUT2D eigenvalue weighted by atomic mass is 9.73. The average Bonchev–Trinajstić information content (AvgIpc) is 2.61. The van der Waals surface area contributed by atoms with Gasteiger partial charge in [-0.15, -0.1) is 0 Å². The van der Waals surface area contributed by atoms with E-state index in [2.05, 4.69) is 76.2 Å². The summed E-state index contributed by atoms with van der Waals surface area (Å²) >= 11 is 0. The first-order chi connectivity index (χ1) is 11.8. The van der Waals surface area contributed by atoms with E-state index in [0.29, 0.717) is 6.61 Å². The largest absolute Gasteiger partial charge is 0.497 e. The third-order valence-corrected chi connectivity index (χ3v) is 5.19. The Bertz CT molecular complexity index is 651. The van der Waals surface area contributed by atoms with Gasteiger partial charge in [0.15, 0.2) is 0 Å². The monoisotopic (exact) mass is 340 g/mol. The lowest BCUT2D eigenvalue weighted by Crippen LogP contribution is -2.24. The van der Waals surface area contributed by atoms with Gasteiger partial charge in [0.05, 0.1) is 13.7 Å². The van der Waals surface area contributed by atoms with Gasteiger partial charge in [-0.3, -0.25) is 0 Å². The fraction of sp³-hybridized carbons (Fsp3) is 0.478. The SMILES string of the molecule is CCOc1ccc(C(C)(C)CCC(C)(C)c2ccc(OC)cc2)cc1. The molecule has 0 aliphatic heterocycles. The summed E-state index contributed by atoms with van der Waals surface area (Å²) in [7, 11) is 1.71. The van der Waals surface area contributed by atoms with E-state index in [1.165, 1.54) is 11.1 Å². The molecule has 0 aliphatic rings. The Labute approximate surface area is 153 Å². The van der Waals surface area contributed by atoms with E-state index in [0.717, 1.165) is 24.3 Å². The Hall–Kier alpha value is -1.96. The molecule has 0 fully saturated rings. The highest BCUT2D eigenvalue weighted by molar-refractivity contribution is 5.33. The van der Waals surface area contributed by atoms with Crippen LogP contribution in [0.2, 0.25) is 0 Å². The molecule has 0 N–H and O–H groups in total. The van der Waals surface area contributed by atoms with Crippen molar-refractivity contribution < 1.29 is 9.47 Å². The van der Waals surface area contributed by atoms with Crippen LogP contribution in [0.3, 0.4) is 0 Å². The van der Waals surface area contributed by atoms with Crippen LogP contribution in [0.4, 0.5) is 0 Å². The maximum absolute atomic E-state index is 5.55. The van der Waals surface area contributed by atoms with Crippen molar-refractivity contribution in [1.82, 2.24) is 0 Å². The molecule has 0 bridgehead atoms. The zero-order chi connectivity index (χ0) is 18.5. The van der Waals surface area contributed by atoms with Crippen molar-refractivity contribution in [2.24, 2.45) is 0 Å². The van der Waals surface area contributed by atoms with Gasteiger partial charge in [0.25, 0.3) is 0 Å². The van der Waals surface area contributed by atoms with Gasteiger partial charge in [-0.2, -0.15) is 0 Å². The second kappa shape index (κ2) is 7.95. The Morgan fingerprint density at radius 1 is 0.680 bits per heavy atom. The van der Waals surface area contributed by atoms with E-state index in [1.807, 2.05) is 6.92 Å². The summed E-state index contributed by atoms with van der Waals surface area (Å²) in [5, 5.41) is 0. The van der Waals surface area contributed by atoms with Gasteiger partial charge in [0, 0.05) is 0 Å². The molecule has 0 aliphatic carbocycles. The van der Waals surface area contributed by atoms with Crippen molar-refractivity contribution in [2.45, 2.75) is 58.3 Å². The predicted molar refractivity (Wildman–Crippen MR) is 106 cm³/mol. The van der Waals surface area contributed by atoms with Crippen LogP contribution in [0.15, 0.2) is 48.5 Å². The molecule has 0 saturated heterocycles. The van der Waals surface area contributed by atoms with Gasteiger partial charge in [0.1, 0.15) is 11.5 Å². The van der Waals surface area contributed by atoms with Gasteiger partial charge in [-0.1, -0.05) is 52.0 Å². The zero-order valence-corrected chi connectivity index (χ0v) is 16.6. The first-order valence-electron chi connectivity index (χ1n) is 9.16. The van der Waals surface area contributed by atoms with Crippen molar-refractivity contribution in [3.05, 3.63) is 59.7 Å². The van der Waals surface area contributed by atoms with E-state index in [1.54, 1.807) is 7.11 Å². The fourth-order valence-corrected chi connectivity index (χ4v) is 3.12. The standard InChI is InChI=1S/C23H32O2/c1-7-25-21-14-10-19(11-15-21)23(4,5)17-16-22(2,3)18-8-12-20(24-6)13-9-18/h8-15H,7,16-17H2,1-6H3. The van der Waals surface area contributed by atoms with Crippen molar-refractivity contribution in [3.8, 4) is 11.5 Å². The molecule has 0 spiro atoms. The maximum Gasteiger partial charge on any atom is 0.119 e. The van der Waals surface area contributed by atoms with Crippen LogP contribution in [-0.4, -0.2) is 13.7 Å². The Morgan fingerprint density at radius 3 is 1.44 bits per heavy atom. The molecule has 2 aromatic carbocycles. The highest BCUT2D eigenvalue weighted by Gasteiger charge is 2.27. The number of hydrogen-bond donors (Lipinski definition) is 0. The predicted octanol–water partition coefficient (Wildman–Crippen LogP) is 6.13. The first kappa shape index (κ1) is 19.4. The summed E-state index contributed by atoms with van der Waals surface area (Å²) in [4.78, 5) is 0. The average molecular weight is 341 g/mol. The minimum Gasteiger partial charge on any atom is -0.497 e. The first-order valence-corrected chi connectivity index (χ1v) is 9.16. The summed E-state index contributed by atoms with van der Waals surface area (Å²) in [5.74, 6) is 1.86. The number of methoxy groups -OCH3 is 1. The Kier molecular flexibility index (Phi) is 6.16. The Morgan fingerprint density at radius 2 is 1.08 bits per heavy atom. The molecule has 0 amide bonds. The molecule has 0 unspecified atom stereocenters. The van der Waals surface area contributed by atoms with Crippen LogP contribution in [-0.2, 0) is 10.8 Å². The van der Waals surface area contributed by atoms with Crippen molar-refractivity contribution >= 4 is 0 Å². The molecule has 25 heavy (non-hydrogen) atoms. The highest BCUT2D eigenvalue weighted by atomic mass is 16.5. The molecule has 0 saturated carbocycles. The molecule has 0 aromatic heterocycles. The molecule has 2 rings (SSSR count). The van der Waals surface area contributed by atoms with Gasteiger partial charge in [0.2, 0.25) is 0 Å². The number of benzene rings is 2. The highest BCUT2D eigenvalue weighted by Crippen LogP contribution is 2.36. The fourth-order valence-electron chi connectivity index (χ4n) is 3.12. The Balaban J connectivity index is 2.06. The van der Waals surface area contributed by atoms with Crippen LogP contribution < -0.4 is 9.47 Å². The zero-order valence-electron chi connectivity index (χ0n) is 16.6. The molecule has 2 aromatic rings. The van der Waals surface area contributed by atoms with Gasteiger partial charge < -0.3 is 9.47 Å². The molecule has 0 heterocycles. The number of ether oxygens (including phenoxy) is 2. The van der Waals surface area contributed by atoms with Crippen LogP contribution in [0.25, 0.3) is 0 Å². The lowest BCUT2D eigenvalue weighted by Gasteiger charge is -2.32. The van der Waals surface area contributed by atoms with Crippen molar-refractivity contribution in [1.29, 1.82) is 0 Å². The summed E-state index contributed by atoms with van der Waals surface area (Å²) in [6.07, 6.45) is 2.25. The minimum absolute atomic E-state index is 0.133. The van der Waals surface area contributed by atoms with E-state index >= 15 is 0 Å². The minimum atomic E-state index is 0.133. The normalized spacial score (nSPS) is 12.1. The molecular weight excluding hydrogens is 308 g/mol. The molecule has 0 radical (unpaired) electrons. The lowest BCUT2D eigenvalue weighted by molar-refractivity contribution is 0.339. The number of hydrogen-bond acceptors (Lipinski definition) is 2. The molecule has 136 valence electrons. The molecule has 2 heteroatoms. The van der Waals surface area contributed by atoms with Crippen LogP contribution in [0.5, 0.6) is 11.5 Å². The smallest absolute Gasteiger partial charge is 0.119 e. The summed E-state index contributed by atoms with van der Waals surface area (Å²) < 4.78 is 10.8. The summed E-state index contributed by atoms with van der Waals surface area (Å²) in [6, 6.07) is 17.0. The molecule has 2 nitrogen and oxygen atoms in total. The van der Waals surface area contributed by atoms with Gasteiger partial charge in [-0.25, -0.2) is 0 Å². The van der Waals surface area contributed by atoms with E-state index in [-0.39, 0.29) is 10.8 Å².